The fourth-order valence-corrected chi connectivity index (χ4v) is 2.65. The van der Waals surface area contributed by atoms with Gasteiger partial charge in [-0.1, -0.05) is 70.6 Å². The van der Waals surface area contributed by atoms with Crippen molar-refractivity contribution in [3.05, 3.63) is 0 Å². The van der Waals surface area contributed by atoms with Crippen LogP contribution < -0.4 is 0 Å². The van der Waals surface area contributed by atoms with Gasteiger partial charge >= 0.3 is 5.97 Å². The van der Waals surface area contributed by atoms with Gasteiger partial charge < -0.3 is 4.74 Å². The molecule has 20 heavy (non-hydrogen) atoms. The van der Waals surface area contributed by atoms with Gasteiger partial charge in [0.25, 0.3) is 0 Å². The molecule has 0 N–H and O–H groups in total. The molecule has 0 aromatic carbocycles. The van der Waals surface area contributed by atoms with Crippen LogP contribution in [0.25, 0.3) is 0 Å². The Hall–Kier alpha value is -0.180. The summed E-state index contributed by atoms with van der Waals surface area (Å²) in [6.07, 6.45) is 17.7. The lowest BCUT2D eigenvalue weighted by molar-refractivity contribution is -0.140. The molecule has 0 aromatic rings. The van der Waals surface area contributed by atoms with Gasteiger partial charge in [0, 0.05) is 6.42 Å². The Labute approximate surface area is 131 Å². The van der Waals surface area contributed by atoms with Gasteiger partial charge in [-0.2, -0.15) is 12.6 Å². The minimum Gasteiger partial charge on any atom is -0.469 e. The minimum absolute atomic E-state index is 0.0700. The van der Waals surface area contributed by atoms with Crippen molar-refractivity contribution < 1.29 is 9.53 Å². The molecule has 3 heteroatoms. The van der Waals surface area contributed by atoms with E-state index in [2.05, 4.69) is 17.4 Å². The first-order valence-corrected chi connectivity index (χ1v) is 9.12. The molecule has 0 saturated carbocycles. The van der Waals surface area contributed by atoms with Crippen LogP contribution in [-0.4, -0.2) is 18.8 Å². The maximum Gasteiger partial charge on any atom is 0.305 e. The summed E-state index contributed by atoms with van der Waals surface area (Å²) in [5.41, 5.74) is 0. The van der Waals surface area contributed by atoms with Crippen molar-refractivity contribution in [2.24, 2.45) is 0 Å². The molecule has 2 nitrogen and oxygen atoms in total. The van der Waals surface area contributed by atoms with Crippen LogP contribution in [-0.2, 0) is 9.53 Å². The Morgan fingerprint density at radius 2 is 1.05 bits per heavy atom. The molecule has 0 fully saturated rings. The third-order valence-electron chi connectivity index (χ3n) is 3.77. The zero-order valence-electron chi connectivity index (χ0n) is 13.4. The van der Waals surface area contributed by atoms with Crippen molar-refractivity contribution in [3.63, 3.8) is 0 Å². The highest BCUT2D eigenvalue weighted by Gasteiger charge is 1.99. The Balaban J connectivity index is 2.97. The average molecular weight is 303 g/mol. The number of esters is 1. The number of unbranched alkanes of at least 4 members (excludes halogenated alkanes) is 12. The van der Waals surface area contributed by atoms with Crippen LogP contribution in [0.5, 0.6) is 0 Å². The number of carbonyl (C=O) groups is 1. The summed E-state index contributed by atoms with van der Waals surface area (Å²) in [5, 5.41) is 0. The molecule has 120 valence electrons. The van der Waals surface area contributed by atoms with Gasteiger partial charge in [-0.05, 0) is 18.6 Å². The second kappa shape index (κ2) is 16.9. The van der Waals surface area contributed by atoms with E-state index in [4.69, 9.17) is 0 Å². The summed E-state index contributed by atoms with van der Waals surface area (Å²) >= 11 is 4.22. The summed E-state index contributed by atoms with van der Waals surface area (Å²) in [6.45, 7) is 0. The summed E-state index contributed by atoms with van der Waals surface area (Å²) < 4.78 is 4.62. The first kappa shape index (κ1) is 19.8. The van der Waals surface area contributed by atoms with Crippen LogP contribution >= 0.6 is 12.6 Å². The largest absolute Gasteiger partial charge is 0.469 e. The van der Waals surface area contributed by atoms with E-state index in [0.29, 0.717) is 6.42 Å². The number of carbonyl (C=O) groups excluding carboxylic acids is 1. The zero-order valence-corrected chi connectivity index (χ0v) is 14.3. The van der Waals surface area contributed by atoms with Gasteiger partial charge in [-0.25, -0.2) is 0 Å². The molecule has 0 atom stereocenters. The Bertz CT molecular complexity index is 207. The molecule has 0 unspecified atom stereocenters. The van der Waals surface area contributed by atoms with E-state index in [1.54, 1.807) is 0 Å². The molecule has 0 radical (unpaired) electrons. The summed E-state index contributed by atoms with van der Waals surface area (Å²) in [6, 6.07) is 0. The first-order valence-electron chi connectivity index (χ1n) is 8.49. The van der Waals surface area contributed by atoms with Crippen molar-refractivity contribution in [1.29, 1.82) is 0 Å². The standard InChI is InChI=1S/C17H34O2S/c1-19-17(18)15-13-11-9-7-5-3-2-4-6-8-10-12-14-16-20/h20H,2-16H2,1H3. The quantitative estimate of drug-likeness (QED) is 0.244. The smallest absolute Gasteiger partial charge is 0.305 e. The van der Waals surface area contributed by atoms with E-state index >= 15 is 0 Å². The minimum atomic E-state index is -0.0700. The lowest BCUT2D eigenvalue weighted by atomic mass is 10.0. The maximum atomic E-state index is 10.9. The van der Waals surface area contributed by atoms with E-state index in [9.17, 15) is 4.79 Å². The molecule has 0 aliphatic carbocycles. The zero-order chi connectivity index (χ0) is 14.9. The average Bonchev–Trinajstić information content (AvgIpc) is 2.47. The highest BCUT2D eigenvalue weighted by molar-refractivity contribution is 7.80. The number of thiol groups is 1. The molecule has 0 aliphatic rings. The van der Waals surface area contributed by atoms with E-state index in [0.717, 1.165) is 12.2 Å². The number of rotatable bonds is 15. The molecular formula is C17H34O2S. The monoisotopic (exact) mass is 302 g/mol. The summed E-state index contributed by atoms with van der Waals surface area (Å²) in [4.78, 5) is 10.9. The predicted octanol–water partition coefficient (Wildman–Crippen LogP) is 5.55. The maximum absolute atomic E-state index is 10.9. The van der Waals surface area contributed by atoms with Crippen molar-refractivity contribution in [2.45, 2.75) is 89.9 Å². The highest BCUT2D eigenvalue weighted by atomic mass is 32.1. The fraction of sp³-hybridized carbons (Fsp3) is 0.941. The molecule has 0 rings (SSSR count). The molecule has 0 heterocycles. The van der Waals surface area contributed by atoms with Crippen molar-refractivity contribution in [1.82, 2.24) is 0 Å². The molecule has 0 amide bonds. The second-order valence-corrected chi connectivity index (χ2v) is 6.09. The predicted molar refractivity (Wildman–Crippen MR) is 90.5 cm³/mol. The number of hydrogen-bond donors (Lipinski definition) is 1. The molecule has 0 aromatic heterocycles. The molecule has 0 bridgehead atoms. The first-order chi connectivity index (χ1) is 9.81. The lowest BCUT2D eigenvalue weighted by Crippen LogP contribution is -1.99. The number of methoxy groups -OCH3 is 1. The van der Waals surface area contributed by atoms with Crippen molar-refractivity contribution >= 4 is 18.6 Å². The van der Waals surface area contributed by atoms with Crippen LogP contribution in [0.15, 0.2) is 0 Å². The van der Waals surface area contributed by atoms with Crippen LogP contribution in [0.1, 0.15) is 89.9 Å². The molecule has 0 saturated heterocycles. The lowest BCUT2D eigenvalue weighted by Gasteiger charge is -2.03. The summed E-state index contributed by atoms with van der Waals surface area (Å²) in [5.74, 6) is 0.971. The van der Waals surface area contributed by atoms with E-state index in [1.807, 2.05) is 0 Å². The third kappa shape index (κ3) is 15.9. The Morgan fingerprint density at radius 3 is 1.40 bits per heavy atom. The Kier molecular flexibility index (Phi) is 16.7. The van der Waals surface area contributed by atoms with Crippen LogP contribution in [0.3, 0.4) is 0 Å². The topological polar surface area (TPSA) is 26.3 Å². The van der Waals surface area contributed by atoms with Crippen molar-refractivity contribution in [3.8, 4) is 0 Å². The van der Waals surface area contributed by atoms with E-state index < -0.39 is 0 Å². The van der Waals surface area contributed by atoms with E-state index in [-0.39, 0.29) is 5.97 Å². The van der Waals surface area contributed by atoms with E-state index in [1.165, 1.54) is 84.2 Å². The summed E-state index contributed by atoms with van der Waals surface area (Å²) in [7, 11) is 1.46. The van der Waals surface area contributed by atoms with Gasteiger partial charge in [0.05, 0.1) is 7.11 Å². The van der Waals surface area contributed by atoms with Gasteiger partial charge in [0.15, 0.2) is 0 Å². The molecule has 0 spiro atoms. The van der Waals surface area contributed by atoms with Gasteiger partial charge in [0.2, 0.25) is 0 Å². The van der Waals surface area contributed by atoms with Crippen LogP contribution in [0.4, 0.5) is 0 Å². The third-order valence-corrected chi connectivity index (χ3v) is 4.08. The second-order valence-electron chi connectivity index (χ2n) is 5.65. The van der Waals surface area contributed by atoms with Gasteiger partial charge in [-0.15, -0.1) is 0 Å². The fourth-order valence-electron chi connectivity index (χ4n) is 2.43. The van der Waals surface area contributed by atoms with Crippen molar-refractivity contribution in [2.75, 3.05) is 12.9 Å². The normalized spacial score (nSPS) is 10.7. The molecular weight excluding hydrogens is 268 g/mol. The Morgan fingerprint density at radius 1 is 0.700 bits per heavy atom. The van der Waals surface area contributed by atoms with Gasteiger partial charge in [-0.3, -0.25) is 4.79 Å². The SMILES string of the molecule is COC(=O)CCCCCCCCCCCCCCCS. The number of hydrogen-bond acceptors (Lipinski definition) is 3. The number of ether oxygens (including phenoxy) is 1. The van der Waals surface area contributed by atoms with Gasteiger partial charge in [0.1, 0.15) is 0 Å². The highest BCUT2D eigenvalue weighted by Crippen LogP contribution is 2.13. The van der Waals surface area contributed by atoms with Crippen LogP contribution in [0.2, 0.25) is 0 Å². The van der Waals surface area contributed by atoms with Crippen LogP contribution in [0, 0.1) is 0 Å². The molecule has 0 aliphatic heterocycles.